The molecule has 0 amide bonds. The van der Waals surface area contributed by atoms with E-state index in [0.717, 1.165) is 19.0 Å². The van der Waals surface area contributed by atoms with Crippen molar-refractivity contribution < 1.29 is 18.9 Å². The molecule has 4 nitrogen and oxygen atoms in total. The third kappa shape index (κ3) is 4.26. The monoisotopic (exact) mass is 354 g/mol. The number of ether oxygens (including phenoxy) is 4. The second kappa shape index (κ2) is 7.39. The molecule has 2 fully saturated rings. The minimum Gasteiger partial charge on any atom is -0.488 e. The summed E-state index contributed by atoms with van der Waals surface area (Å²) in [4.78, 5) is 0. The van der Waals surface area contributed by atoms with Crippen LogP contribution in [0, 0.1) is 0 Å². The molecule has 4 rings (SSSR count). The normalized spacial score (nSPS) is 24.6. The lowest BCUT2D eigenvalue weighted by Crippen LogP contribution is -2.18. The minimum absolute atomic E-state index is 0.0603. The van der Waals surface area contributed by atoms with E-state index in [1.165, 1.54) is 16.7 Å². The lowest BCUT2D eigenvalue weighted by Gasteiger charge is -2.18. The van der Waals surface area contributed by atoms with E-state index < -0.39 is 0 Å². The van der Waals surface area contributed by atoms with Crippen LogP contribution in [-0.4, -0.2) is 37.6 Å². The third-order valence-electron chi connectivity index (χ3n) is 5.07. The SMILES string of the molecule is CC(OC(C)C1CO1)c1ccc(-c2ccc(OC(C)C3CO3)cc2)cc1. The molecule has 4 heteroatoms. The van der Waals surface area contributed by atoms with Gasteiger partial charge in [-0.3, -0.25) is 0 Å². The van der Waals surface area contributed by atoms with Gasteiger partial charge in [-0.15, -0.1) is 0 Å². The summed E-state index contributed by atoms with van der Waals surface area (Å²) in [5.74, 6) is 0.881. The van der Waals surface area contributed by atoms with Crippen LogP contribution in [0.2, 0.25) is 0 Å². The lowest BCUT2D eigenvalue weighted by atomic mass is 10.0. The fraction of sp³-hybridized carbons (Fsp3) is 0.455. The Bertz CT molecular complexity index is 717. The van der Waals surface area contributed by atoms with Gasteiger partial charge >= 0.3 is 0 Å². The molecule has 0 saturated carbocycles. The Hall–Kier alpha value is -1.88. The second-order valence-electron chi connectivity index (χ2n) is 7.20. The molecule has 0 radical (unpaired) electrons. The zero-order valence-corrected chi connectivity index (χ0v) is 15.6. The van der Waals surface area contributed by atoms with Gasteiger partial charge in [0.2, 0.25) is 0 Å². The highest BCUT2D eigenvalue weighted by atomic mass is 16.6. The Labute approximate surface area is 155 Å². The van der Waals surface area contributed by atoms with Crippen molar-refractivity contribution in [3.8, 4) is 16.9 Å². The maximum atomic E-state index is 6.03. The molecule has 0 bridgehead atoms. The second-order valence-corrected chi connectivity index (χ2v) is 7.20. The Morgan fingerprint density at radius 1 is 0.769 bits per heavy atom. The minimum atomic E-state index is 0.0603. The molecule has 0 spiro atoms. The van der Waals surface area contributed by atoms with E-state index in [0.29, 0.717) is 0 Å². The van der Waals surface area contributed by atoms with Crippen LogP contribution in [0.5, 0.6) is 5.75 Å². The number of hydrogen-bond acceptors (Lipinski definition) is 4. The predicted octanol–water partition coefficient (Wildman–Crippen LogP) is 4.38. The fourth-order valence-electron chi connectivity index (χ4n) is 3.10. The van der Waals surface area contributed by atoms with Crippen molar-refractivity contribution in [3.63, 3.8) is 0 Å². The smallest absolute Gasteiger partial charge is 0.124 e. The van der Waals surface area contributed by atoms with Crippen LogP contribution in [0.1, 0.15) is 32.4 Å². The average Bonchev–Trinajstić information content (AvgIpc) is 3.54. The van der Waals surface area contributed by atoms with Crippen molar-refractivity contribution >= 4 is 0 Å². The molecular weight excluding hydrogens is 328 g/mol. The molecule has 0 aromatic heterocycles. The lowest BCUT2D eigenvalue weighted by molar-refractivity contribution is -0.00735. The van der Waals surface area contributed by atoms with Gasteiger partial charge < -0.3 is 18.9 Å². The number of hydrogen-bond donors (Lipinski definition) is 0. The van der Waals surface area contributed by atoms with Crippen LogP contribution in [0.25, 0.3) is 11.1 Å². The molecule has 2 aliphatic rings. The molecule has 138 valence electrons. The highest BCUT2D eigenvalue weighted by molar-refractivity contribution is 5.64. The van der Waals surface area contributed by atoms with Crippen molar-refractivity contribution in [2.24, 2.45) is 0 Å². The molecule has 0 aliphatic carbocycles. The first-order chi connectivity index (χ1) is 12.6. The first-order valence-corrected chi connectivity index (χ1v) is 9.36. The Morgan fingerprint density at radius 2 is 1.27 bits per heavy atom. The Morgan fingerprint density at radius 3 is 1.81 bits per heavy atom. The zero-order valence-electron chi connectivity index (χ0n) is 15.6. The Balaban J connectivity index is 1.37. The summed E-state index contributed by atoms with van der Waals surface area (Å²) in [6.45, 7) is 7.83. The molecular formula is C22H26O4. The standard InChI is InChI=1S/C22H26O4/c1-14(25-15(2)21-12-23-21)17-4-6-18(7-5-17)19-8-10-20(11-9-19)26-16(3)22-13-24-22/h4-11,14-16,21-22H,12-13H2,1-3H3. The van der Waals surface area contributed by atoms with Crippen LogP contribution in [0.3, 0.4) is 0 Å². The molecule has 5 unspecified atom stereocenters. The van der Waals surface area contributed by atoms with Gasteiger partial charge in [0.25, 0.3) is 0 Å². The van der Waals surface area contributed by atoms with Gasteiger partial charge in [-0.05, 0) is 49.6 Å². The molecule has 26 heavy (non-hydrogen) atoms. The van der Waals surface area contributed by atoms with Gasteiger partial charge in [0.15, 0.2) is 0 Å². The van der Waals surface area contributed by atoms with Crippen LogP contribution in [0.15, 0.2) is 48.5 Å². The summed E-state index contributed by atoms with van der Waals surface area (Å²) in [6, 6.07) is 16.8. The van der Waals surface area contributed by atoms with Gasteiger partial charge in [-0.25, -0.2) is 0 Å². The maximum absolute atomic E-state index is 6.03. The van der Waals surface area contributed by atoms with Gasteiger partial charge in [0.05, 0.1) is 25.4 Å². The summed E-state index contributed by atoms with van der Waals surface area (Å²) in [5.41, 5.74) is 3.54. The predicted molar refractivity (Wildman–Crippen MR) is 100 cm³/mol. The topological polar surface area (TPSA) is 43.5 Å². The van der Waals surface area contributed by atoms with Gasteiger partial charge in [-0.1, -0.05) is 36.4 Å². The van der Waals surface area contributed by atoms with E-state index in [-0.39, 0.29) is 30.5 Å². The molecule has 0 N–H and O–H groups in total. The van der Waals surface area contributed by atoms with Crippen LogP contribution < -0.4 is 4.74 Å². The van der Waals surface area contributed by atoms with E-state index in [4.69, 9.17) is 18.9 Å². The van der Waals surface area contributed by atoms with Crippen molar-refractivity contribution in [3.05, 3.63) is 54.1 Å². The summed E-state index contributed by atoms with van der Waals surface area (Å²) < 4.78 is 22.5. The van der Waals surface area contributed by atoms with E-state index in [2.05, 4.69) is 50.2 Å². The molecule has 2 saturated heterocycles. The third-order valence-corrected chi connectivity index (χ3v) is 5.07. The van der Waals surface area contributed by atoms with Gasteiger partial charge in [0.1, 0.15) is 24.1 Å². The maximum Gasteiger partial charge on any atom is 0.124 e. The molecule has 2 aromatic carbocycles. The van der Waals surface area contributed by atoms with Crippen LogP contribution >= 0.6 is 0 Å². The summed E-state index contributed by atoms with van der Waals surface area (Å²) in [7, 11) is 0. The van der Waals surface area contributed by atoms with Crippen molar-refractivity contribution in [1.82, 2.24) is 0 Å². The largest absolute Gasteiger partial charge is 0.488 e. The first kappa shape index (κ1) is 17.5. The van der Waals surface area contributed by atoms with Crippen molar-refractivity contribution in [1.29, 1.82) is 0 Å². The van der Waals surface area contributed by atoms with Crippen LogP contribution in [-0.2, 0) is 14.2 Å². The van der Waals surface area contributed by atoms with Crippen LogP contribution in [0.4, 0.5) is 0 Å². The average molecular weight is 354 g/mol. The first-order valence-electron chi connectivity index (χ1n) is 9.36. The number of epoxide rings is 2. The summed E-state index contributed by atoms with van der Waals surface area (Å²) >= 11 is 0. The van der Waals surface area contributed by atoms with E-state index in [1.807, 2.05) is 19.1 Å². The Kier molecular flexibility index (Phi) is 4.98. The van der Waals surface area contributed by atoms with Crippen molar-refractivity contribution in [2.75, 3.05) is 13.2 Å². The highest BCUT2D eigenvalue weighted by Crippen LogP contribution is 2.28. The summed E-state index contributed by atoms with van der Waals surface area (Å²) in [5, 5.41) is 0. The summed E-state index contributed by atoms with van der Waals surface area (Å²) in [6.07, 6.45) is 0.822. The number of benzene rings is 2. The quantitative estimate of drug-likeness (QED) is 0.660. The zero-order chi connectivity index (χ0) is 18.1. The number of rotatable bonds is 8. The van der Waals surface area contributed by atoms with Gasteiger partial charge in [-0.2, -0.15) is 0 Å². The molecule has 2 aromatic rings. The molecule has 2 heterocycles. The van der Waals surface area contributed by atoms with E-state index >= 15 is 0 Å². The van der Waals surface area contributed by atoms with E-state index in [1.54, 1.807) is 0 Å². The molecule has 5 atom stereocenters. The van der Waals surface area contributed by atoms with Crippen molar-refractivity contribution in [2.45, 2.75) is 51.3 Å². The fourth-order valence-corrected chi connectivity index (χ4v) is 3.10. The molecule has 2 aliphatic heterocycles. The highest BCUT2D eigenvalue weighted by Gasteiger charge is 2.32. The van der Waals surface area contributed by atoms with E-state index in [9.17, 15) is 0 Å². The van der Waals surface area contributed by atoms with Gasteiger partial charge in [0, 0.05) is 0 Å².